The zero-order valence-corrected chi connectivity index (χ0v) is 7.92. The molecule has 0 atom stereocenters. The van der Waals surface area contributed by atoms with Crippen LogP contribution in [-0.2, 0) is 16.0 Å². The fraction of sp³-hybridized carbons (Fsp3) is 0.300. The lowest BCUT2D eigenvalue weighted by atomic mass is 10.1. The molecule has 0 saturated carbocycles. The molecule has 1 aromatic rings. The Kier molecular flexibility index (Phi) is 3.45. The molecule has 0 fully saturated rings. The second-order valence-corrected chi connectivity index (χ2v) is 2.82. The molecule has 76 valence electrons. The van der Waals surface area contributed by atoms with Gasteiger partial charge in [-0.05, 0) is 30.7 Å². The van der Waals surface area contributed by atoms with Crippen LogP contribution in [0.1, 0.15) is 12.5 Å². The summed E-state index contributed by atoms with van der Waals surface area (Å²) in [7, 11) is 0. The number of esters is 1. The van der Waals surface area contributed by atoms with Gasteiger partial charge in [-0.2, -0.15) is 0 Å². The van der Waals surface area contributed by atoms with Crippen molar-refractivity contribution in [2.75, 3.05) is 12.3 Å². The van der Waals surface area contributed by atoms with Crippen LogP contribution in [0.15, 0.2) is 18.2 Å². The first-order valence-electron chi connectivity index (χ1n) is 4.33. The van der Waals surface area contributed by atoms with Crippen LogP contribution in [0.2, 0.25) is 0 Å². The minimum absolute atomic E-state index is 0.0113. The molecule has 0 unspecified atom stereocenters. The number of nitrogen functional groups attached to an aromatic ring is 1. The highest BCUT2D eigenvalue weighted by molar-refractivity contribution is 5.74. The van der Waals surface area contributed by atoms with Crippen LogP contribution in [0.4, 0.5) is 10.1 Å². The monoisotopic (exact) mass is 197 g/mol. The smallest absolute Gasteiger partial charge is 0.310 e. The van der Waals surface area contributed by atoms with Crippen molar-refractivity contribution in [2.45, 2.75) is 13.3 Å². The number of rotatable bonds is 3. The zero-order valence-electron chi connectivity index (χ0n) is 7.92. The number of anilines is 1. The molecular formula is C10H12FNO2. The molecule has 14 heavy (non-hydrogen) atoms. The Bertz CT molecular complexity index is 339. The minimum Gasteiger partial charge on any atom is -0.466 e. The number of carbonyl (C=O) groups is 1. The highest BCUT2D eigenvalue weighted by atomic mass is 19.1. The fourth-order valence-electron chi connectivity index (χ4n) is 1.09. The first-order chi connectivity index (χ1) is 6.63. The van der Waals surface area contributed by atoms with Crippen LogP contribution in [0.5, 0.6) is 0 Å². The molecule has 0 spiro atoms. The second-order valence-electron chi connectivity index (χ2n) is 2.82. The molecule has 0 aliphatic heterocycles. The Morgan fingerprint density at radius 3 is 2.93 bits per heavy atom. The third kappa shape index (κ3) is 2.73. The minimum atomic E-state index is -0.404. The summed E-state index contributed by atoms with van der Waals surface area (Å²) in [6.45, 7) is 2.03. The van der Waals surface area contributed by atoms with Gasteiger partial charge in [0.25, 0.3) is 0 Å². The lowest BCUT2D eigenvalue weighted by Crippen LogP contribution is -2.09. The van der Waals surface area contributed by atoms with E-state index in [2.05, 4.69) is 0 Å². The summed E-state index contributed by atoms with van der Waals surface area (Å²) in [5, 5.41) is 0. The van der Waals surface area contributed by atoms with Crippen molar-refractivity contribution >= 4 is 11.7 Å². The molecule has 0 amide bonds. The van der Waals surface area contributed by atoms with Crippen molar-refractivity contribution in [1.29, 1.82) is 0 Å². The van der Waals surface area contributed by atoms with Crippen LogP contribution in [0.25, 0.3) is 0 Å². The lowest BCUT2D eigenvalue weighted by Gasteiger charge is -2.05. The van der Waals surface area contributed by atoms with Gasteiger partial charge in [-0.25, -0.2) is 4.39 Å². The molecule has 1 aromatic carbocycles. The van der Waals surface area contributed by atoms with E-state index in [4.69, 9.17) is 10.5 Å². The molecule has 0 heterocycles. The highest BCUT2D eigenvalue weighted by Gasteiger charge is 2.07. The maximum Gasteiger partial charge on any atom is 0.310 e. The predicted octanol–water partition coefficient (Wildman–Crippen LogP) is 1.51. The Hall–Kier alpha value is -1.58. The summed E-state index contributed by atoms with van der Waals surface area (Å²) >= 11 is 0. The molecule has 0 radical (unpaired) electrons. The average molecular weight is 197 g/mol. The van der Waals surface area contributed by atoms with Gasteiger partial charge in [0.15, 0.2) is 0 Å². The first-order valence-corrected chi connectivity index (χ1v) is 4.33. The maximum absolute atomic E-state index is 12.8. The van der Waals surface area contributed by atoms with E-state index in [1.165, 1.54) is 18.2 Å². The molecular weight excluding hydrogens is 185 g/mol. The van der Waals surface area contributed by atoms with Crippen LogP contribution in [0.3, 0.4) is 0 Å². The Morgan fingerprint density at radius 1 is 1.57 bits per heavy atom. The molecule has 1 rings (SSSR count). The van der Waals surface area contributed by atoms with Crippen molar-refractivity contribution in [3.8, 4) is 0 Å². The van der Waals surface area contributed by atoms with E-state index in [1.54, 1.807) is 6.92 Å². The molecule has 0 bridgehead atoms. The van der Waals surface area contributed by atoms with E-state index in [0.717, 1.165) is 0 Å². The average Bonchev–Trinajstić information content (AvgIpc) is 2.12. The quantitative estimate of drug-likeness (QED) is 0.590. The number of carbonyl (C=O) groups excluding carboxylic acids is 1. The normalized spacial score (nSPS) is 9.86. The molecule has 0 aliphatic rings. The van der Waals surface area contributed by atoms with Crippen molar-refractivity contribution in [3.63, 3.8) is 0 Å². The van der Waals surface area contributed by atoms with Crippen LogP contribution >= 0.6 is 0 Å². The standard InChI is InChI=1S/C10H12FNO2/c1-2-14-10(13)6-7-5-8(11)3-4-9(7)12/h3-5H,2,6,12H2,1H3. The van der Waals surface area contributed by atoms with Gasteiger partial charge in [0.05, 0.1) is 13.0 Å². The number of nitrogens with two attached hydrogens (primary N) is 1. The summed E-state index contributed by atoms with van der Waals surface area (Å²) in [5.41, 5.74) is 6.42. The number of halogens is 1. The van der Waals surface area contributed by atoms with Gasteiger partial charge in [0, 0.05) is 5.69 Å². The summed E-state index contributed by atoms with van der Waals surface area (Å²) in [6.07, 6.45) is 0.0113. The number of hydrogen-bond acceptors (Lipinski definition) is 3. The summed E-state index contributed by atoms with van der Waals surface area (Å²) in [5.74, 6) is -0.803. The summed E-state index contributed by atoms with van der Waals surface area (Å²) in [6, 6.07) is 3.93. The molecule has 0 saturated heterocycles. The summed E-state index contributed by atoms with van der Waals surface area (Å²) < 4.78 is 17.5. The Morgan fingerprint density at radius 2 is 2.29 bits per heavy atom. The fourth-order valence-corrected chi connectivity index (χ4v) is 1.09. The van der Waals surface area contributed by atoms with Crippen molar-refractivity contribution < 1.29 is 13.9 Å². The third-order valence-corrected chi connectivity index (χ3v) is 1.75. The van der Waals surface area contributed by atoms with E-state index in [9.17, 15) is 9.18 Å². The Labute approximate surface area is 81.7 Å². The van der Waals surface area contributed by atoms with Gasteiger partial charge < -0.3 is 10.5 Å². The SMILES string of the molecule is CCOC(=O)Cc1cc(F)ccc1N. The topological polar surface area (TPSA) is 52.3 Å². The van der Waals surface area contributed by atoms with Gasteiger partial charge in [0.1, 0.15) is 5.82 Å². The second kappa shape index (κ2) is 4.60. The summed E-state index contributed by atoms with van der Waals surface area (Å²) in [4.78, 5) is 11.1. The molecule has 3 nitrogen and oxygen atoms in total. The van der Waals surface area contributed by atoms with E-state index in [0.29, 0.717) is 17.9 Å². The van der Waals surface area contributed by atoms with Gasteiger partial charge in [-0.15, -0.1) is 0 Å². The lowest BCUT2D eigenvalue weighted by molar-refractivity contribution is -0.142. The Balaban J connectivity index is 2.75. The first kappa shape index (κ1) is 10.5. The highest BCUT2D eigenvalue weighted by Crippen LogP contribution is 2.14. The van der Waals surface area contributed by atoms with Crippen LogP contribution in [0, 0.1) is 5.82 Å². The number of benzene rings is 1. The van der Waals surface area contributed by atoms with Gasteiger partial charge in [0.2, 0.25) is 0 Å². The third-order valence-electron chi connectivity index (χ3n) is 1.75. The van der Waals surface area contributed by atoms with Gasteiger partial charge in [-0.3, -0.25) is 4.79 Å². The molecule has 0 aromatic heterocycles. The number of hydrogen-bond donors (Lipinski definition) is 1. The largest absolute Gasteiger partial charge is 0.466 e. The van der Waals surface area contributed by atoms with Crippen molar-refractivity contribution in [1.82, 2.24) is 0 Å². The van der Waals surface area contributed by atoms with E-state index in [1.807, 2.05) is 0 Å². The molecule has 0 aliphatic carbocycles. The zero-order chi connectivity index (χ0) is 10.6. The van der Waals surface area contributed by atoms with Gasteiger partial charge >= 0.3 is 5.97 Å². The van der Waals surface area contributed by atoms with Crippen molar-refractivity contribution in [3.05, 3.63) is 29.6 Å². The van der Waals surface area contributed by atoms with Crippen LogP contribution in [-0.4, -0.2) is 12.6 Å². The van der Waals surface area contributed by atoms with Crippen LogP contribution < -0.4 is 5.73 Å². The number of ether oxygens (including phenoxy) is 1. The van der Waals surface area contributed by atoms with E-state index >= 15 is 0 Å². The predicted molar refractivity (Wildman–Crippen MR) is 51.1 cm³/mol. The van der Waals surface area contributed by atoms with Gasteiger partial charge in [-0.1, -0.05) is 0 Å². The van der Waals surface area contributed by atoms with E-state index < -0.39 is 11.8 Å². The molecule has 4 heteroatoms. The molecule has 2 N–H and O–H groups in total. The van der Waals surface area contributed by atoms with E-state index in [-0.39, 0.29) is 6.42 Å². The van der Waals surface area contributed by atoms with Crippen molar-refractivity contribution in [2.24, 2.45) is 0 Å². The maximum atomic E-state index is 12.8.